The predicted octanol–water partition coefficient (Wildman–Crippen LogP) is 7.34. The van der Waals surface area contributed by atoms with Crippen molar-refractivity contribution in [2.75, 3.05) is 6.61 Å². The summed E-state index contributed by atoms with van der Waals surface area (Å²) in [6.45, 7) is 2.63. The molecule has 0 heterocycles. The van der Waals surface area contributed by atoms with Crippen molar-refractivity contribution in [3.63, 3.8) is 0 Å². The molecular weight excluding hydrogens is 367 g/mol. The van der Waals surface area contributed by atoms with Crippen molar-refractivity contribution in [1.82, 2.24) is 0 Å². The van der Waals surface area contributed by atoms with Crippen LogP contribution in [0.2, 0.25) is 0 Å². The number of halogens is 1. The van der Waals surface area contributed by atoms with Gasteiger partial charge in [0, 0.05) is 0 Å². The van der Waals surface area contributed by atoms with E-state index in [4.69, 9.17) is 9.47 Å². The van der Waals surface area contributed by atoms with Gasteiger partial charge < -0.3 is 9.47 Å². The number of ether oxygens (including phenoxy) is 2. The lowest BCUT2D eigenvalue weighted by atomic mass is 10.1. The fourth-order valence-electron chi connectivity index (χ4n) is 3.23. The third-order valence-corrected chi connectivity index (χ3v) is 4.88. The summed E-state index contributed by atoms with van der Waals surface area (Å²) in [5.41, 5.74) is 0.112. The predicted molar refractivity (Wildman–Crippen MR) is 115 cm³/mol. The summed E-state index contributed by atoms with van der Waals surface area (Å²) in [5, 5.41) is 0. The average molecular weight is 401 g/mol. The van der Waals surface area contributed by atoms with Crippen LogP contribution in [0.1, 0.15) is 81.5 Å². The van der Waals surface area contributed by atoms with Crippen LogP contribution >= 0.6 is 0 Å². The Bertz CT molecular complexity index is 715. The molecule has 0 aromatic heterocycles. The second-order valence-corrected chi connectivity index (χ2v) is 7.35. The molecule has 2 aromatic rings. The van der Waals surface area contributed by atoms with E-state index in [1.54, 1.807) is 24.3 Å². The highest BCUT2D eigenvalue weighted by Crippen LogP contribution is 2.25. The second kappa shape index (κ2) is 13.8. The van der Waals surface area contributed by atoms with Crippen molar-refractivity contribution in [1.29, 1.82) is 0 Å². The van der Waals surface area contributed by atoms with Gasteiger partial charge in [0.15, 0.2) is 11.6 Å². The number of hydrogen-bond acceptors (Lipinski definition) is 3. The van der Waals surface area contributed by atoms with Crippen LogP contribution < -0.4 is 9.47 Å². The number of para-hydroxylation sites is 2. The van der Waals surface area contributed by atoms with Crippen LogP contribution in [0.4, 0.5) is 4.39 Å². The van der Waals surface area contributed by atoms with E-state index in [-0.39, 0.29) is 11.3 Å². The Balaban J connectivity index is 1.71. The van der Waals surface area contributed by atoms with Gasteiger partial charge in [0.25, 0.3) is 0 Å². The molecule has 0 aliphatic rings. The van der Waals surface area contributed by atoms with E-state index in [0.717, 1.165) is 19.3 Å². The number of esters is 1. The first-order valence-electron chi connectivity index (χ1n) is 10.9. The lowest BCUT2D eigenvalue weighted by Crippen LogP contribution is -2.12. The molecule has 0 atom stereocenters. The quantitative estimate of drug-likeness (QED) is 0.189. The SMILES string of the molecule is CCCCCCCCCCCCOc1c(F)cccc1C(=O)Oc1ccccc1. The molecule has 0 radical (unpaired) electrons. The highest BCUT2D eigenvalue weighted by atomic mass is 19.1. The summed E-state index contributed by atoms with van der Waals surface area (Å²) in [7, 11) is 0. The average Bonchev–Trinajstić information content (AvgIpc) is 2.73. The van der Waals surface area contributed by atoms with E-state index in [1.165, 1.54) is 63.1 Å². The van der Waals surface area contributed by atoms with Gasteiger partial charge in [-0.3, -0.25) is 0 Å². The molecule has 0 fully saturated rings. The molecule has 0 N–H and O–H groups in total. The van der Waals surface area contributed by atoms with E-state index >= 15 is 0 Å². The van der Waals surface area contributed by atoms with Crippen molar-refractivity contribution >= 4 is 5.97 Å². The van der Waals surface area contributed by atoms with Gasteiger partial charge >= 0.3 is 5.97 Å². The molecule has 29 heavy (non-hydrogen) atoms. The number of unbranched alkanes of at least 4 members (excludes halogenated alkanes) is 9. The largest absolute Gasteiger partial charge is 0.490 e. The number of benzene rings is 2. The summed E-state index contributed by atoms with van der Waals surface area (Å²) < 4.78 is 25.2. The molecule has 0 bridgehead atoms. The lowest BCUT2D eigenvalue weighted by Gasteiger charge is -2.12. The van der Waals surface area contributed by atoms with Gasteiger partial charge in [-0.2, -0.15) is 0 Å². The molecule has 0 aliphatic carbocycles. The smallest absolute Gasteiger partial charge is 0.347 e. The van der Waals surface area contributed by atoms with Crippen LogP contribution in [0.15, 0.2) is 48.5 Å². The van der Waals surface area contributed by atoms with Crippen LogP contribution in [-0.4, -0.2) is 12.6 Å². The third-order valence-electron chi connectivity index (χ3n) is 4.88. The van der Waals surface area contributed by atoms with Crippen molar-refractivity contribution in [3.05, 3.63) is 59.9 Å². The Kier molecular flexibility index (Phi) is 10.9. The molecule has 2 rings (SSSR count). The minimum atomic E-state index is -0.617. The molecule has 0 aliphatic heterocycles. The molecule has 0 spiro atoms. The zero-order valence-electron chi connectivity index (χ0n) is 17.5. The van der Waals surface area contributed by atoms with Gasteiger partial charge in [-0.15, -0.1) is 0 Å². The van der Waals surface area contributed by atoms with Crippen LogP contribution in [0.5, 0.6) is 11.5 Å². The van der Waals surface area contributed by atoms with E-state index in [1.807, 2.05) is 6.07 Å². The maximum Gasteiger partial charge on any atom is 0.347 e. The van der Waals surface area contributed by atoms with Crippen molar-refractivity contribution in [2.24, 2.45) is 0 Å². The van der Waals surface area contributed by atoms with Crippen LogP contribution in [0.3, 0.4) is 0 Å². The van der Waals surface area contributed by atoms with E-state index in [2.05, 4.69) is 6.92 Å². The Morgan fingerprint density at radius 1 is 0.793 bits per heavy atom. The molecule has 158 valence electrons. The molecule has 3 nitrogen and oxygen atoms in total. The summed E-state index contributed by atoms with van der Waals surface area (Å²) in [6.07, 6.45) is 12.2. The highest BCUT2D eigenvalue weighted by Gasteiger charge is 2.18. The van der Waals surface area contributed by atoms with Crippen molar-refractivity contribution in [2.45, 2.75) is 71.1 Å². The Morgan fingerprint density at radius 2 is 1.41 bits per heavy atom. The highest BCUT2D eigenvalue weighted by molar-refractivity contribution is 5.94. The lowest BCUT2D eigenvalue weighted by molar-refractivity contribution is 0.0729. The Labute approximate surface area is 174 Å². The van der Waals surface area contributed by atoms with E-state index in [9.17, 15) is 9.18 Å². The zero-order valence-corrected chi connectivity index (χ0v) is 17.5. The molecular formula is C25H33FO3. The number of carbonyl (C=O) groups excluding carboxylic acids is 1. The second-order valence-electron chi connectivity index (χ2n) is 7.35. The van der Waals surface area contributed by atoms with Gasteiger partial charge in [0.2, 0.25) is 0 Å². The molecule has 0 saturated heterocycles. The van der Waals surface area contributed by atoms with Gasteiger partial charge in [0.1, 0.15) is 11.3 Å². The van der Waals surface area contributed by atoms with E-state index < -0.39 is 11.8 Å². The van der Waals surface area contributed by atoms with E-state index in [0.29, 0.717) is 12.4 Å². The number of rotatable bonds is 14. The molecule has 0 amide bonds. The first kappa shape index (κ1) is 22.9. The molecule has 0 unspecified atom stereocenters. The van der Waals surface area contributed by atoms with Crippen LogP contribution in [0, 0.1) is 5.82 Å². The van der Waals surface area contributed by atoms with Crippen molar-refractivity contribution in [3.8, 4) is 11.5 Å². The van der Waals surface area contributed by atoms with Gasteiger partial charge in [-0.1, -0.05) is 89.0 Å². The summed E-state index contributed by atoms with van der Waals surface area (Å²) >= 11 is 0. The normalized spacial score (nSPS) is 10.7. The fourth-order valence-corrected chi connectivity index (χ4v) is 3.23. The standard InChI is InChI=1S/C25H33FO3/c1-2-3-4-5-6-7-8-9-10-14-20-28-24-22(18-15-19-23(24)26)25(27)29-21-16-12-11-13-17-21/h11-13,15-19H,2-10,14,20H2,1H3. The number of carbonyl (C=O) groups is 1. The third kappa shape index (κ3) is 8.68. The zero-order chi connectivity index (χ0) is 20.7. The minimum absolute atomic E-state index is 0.0237. The Hall–Kier alpha value is -2.36. The van der Waals surface area contributed by atoms with Crippen LogP contribution in [0.25, 0.3) is 0 Å². The maximum absolute atomic E-state index is 14.2. The van der Waals surface area contributed by atoms with Crippen LogP contribution in [-0.2, 0) is 0 Å². The minimum Gasteiger partial charge on any atom is -0.490 e. The van der Waals surface area contributed by atoms with Crippen molar-refractivity contribution < 1.29 is 18.7 Å². The monoisotopic (exact) mass is 400 g/mol. The molecule has 0 saturated carbocycles. The fraction of sp³-hybridized carbons (Fsp3) is 0.480. The first-order valence-corrected chi connectivity index (χ1v) is 10.9. The molecule has 2 aromatic carbocycles. The summed E-state index contributed by atoms with van der Waals surface area (Å²) in [4.78, 5) is 12.4. The first-order chi connectivity index (χ1) is 14.2. The van der Waals surface area contributed by atoms with Gasteiger partial charge in [-0.25, -0.2) is 9.18 Å². The molecule has 4 heteroatoms. The topological polar surface area (TPSA) is 35.5 Å². The summed E-state index contributed by atoms with van der Waals surface area (Å²) in [6, 6.07) is 13.1. The maximum atomic E-state index is 14.2. The van der Waals surface area contributed by atoms with Gasteiger partial charge in [0.05, 0.1) is 6.61 Å². The Morgan fingerprint density at radius 3 is 2.07 bits per heavy atom. The number of hydrogen-bond donors (Lipinski definition) is 0. The van der Waals surface area contributed by atoms with Gasteiger partial charge in [-0.05, 0) is 30.7 Å². The summed E-state index contributed by atoms with van der Waals surface area (Å²) in [5.74, 6) is -0.764.